The number of hydrogen-bond donors (Lipinski definition) is 1. The fourth-order valence-corrected chi connectivity index (χ4v) is 1.42. The van der Waals surface area contributed by atoms with Crippen molar-refractivity contribution in [3.8, 4) is 5.75 Å². The lowest BCUT2D eigenvalue weighted by molar-refractivity contribution is -0.142. The third-order valence-corrected chi connectivity index (χ3v) is 2.76. The van der Waals surface area contributed by atoms with Crippen LogP contribution in [0, 0.1) is 5.82 Å². The standard InChI is InChI=1S/C13H18FNO3/c1-10(13(16)17)15(2)8-3-9-18-12-6-4-11(14)5-7-12/h4-7,10H,3,8-9H2,1-2H3,(H,16,17). The number of carboxylic acid groups (broad SMARTS) is 1. The highest BCUT2D eigenvalue weighted by Gasteiger charge is 2.15. The molecule has 0 fully saturated rings. The molecule has 0 saturated heterocycles. The average molecular weight is 255 g/mol. The van der Waals surface area contributed by atoms with E-state index in [0.717, 1.165) is 0 Å². The minimum Gasteiger partial charge on any atom is -0.494 e. The molecule has 1 aromatic rings. The third-order valence-electron chi connectivity index (χ3n) is 2.76. The molecule has 0 saturated carbocycles. The van der Waals surface area contributed by atoms with E-state index in [1.165, 1.54) is 12.1 Å². The normalized spacial score (nSPS) is 12.4. The maximum absolute atomic E-state index is 12.6. The van der Waals surface area contributed by atoms with Crippen molar-refractivity contribution in [2.45, 2.75) is 19.4 Å². The average Bonchev–Trinajstić information content (AvgIpc) is 2.35. The summed E-state index contributed by atoms with van der Waals surface area (Å²) in [4.78, 5) is 12.5. The molecule has 1 atom stereocenters. The highest BCUT2D eigenvalue weighted by molar-refractivity contribution is 5.72. The number of ether oxygens (including phenoxy) is 1. The summed E-state index contributed by atoms with van der Waals surface area (Å²) in [5.41, 5.74) is 0. The van der Waals surface area contributed by atoms with Gasteiger partial charge in [-0.1, -0.05) is 0 Å². The molecular weight excluding hydrogens is 237 g/mol. The van der Waals surface area contributed by atoms with Crippen LogP contribution in [0.4, 0.5) is 4.39 Å². The Morgan fingerprint density at radius 2 is 2.06 bits per heavy atom. The zero-order valence-corrected chi connectivity index (χ0v) is 10.6. The summed E-state index contributed by atoms with van der Waals surface area (Å²) in [7, 11) is 1.76. The Morgan fingerprint density at radius 1 is 1.44 bits per heavy atom. The van der Waals surface area contributed by atoms with Crippen molar-refractivity contribution in [3.63, 3.8) is 0 Å². The minimum atomic E-state index is -0.836. The SMILES string of the molecule is CC(C(=O)O)N(C)CCCOc1ccc(F)cc1. The van der Waals surface area contributed by atoms with Crippen LogP contribution in [0.1, 0.15) is 13.3 Å². The zero-order valence-electron chi connectivity index (χ0n) is 10.6. The van der Waals surface area contributed by atoms with Gasteiger partial charge in [0.25, 0.3) is 0 Å². The summed E-state index contributed by atoms with van der Waals surface area (Å²) < 4.78 is 18.0. The lowest BCUT2D eigenvalue weighted by atomic mass is 10.3. The van der Waals surface area contributed by atoms with Crippen LogP contribution >= 0.6 is 0 Å². The number of hydrogen-bond acceptors (Lipinski definition) is 3. The monoisotopic (exact) mass is 255 g/mol. The van der Waals surface area contributed by atoms with Crippen molar-refractivity contribution in [2.24, 2.45) is 0 Å². The van der Waals surface area contributed by atoms with Gasteiger partial charge in [-0.05, 0) is 44.7 Å². The summed E-state index contributed by atoms with van der Waals surface area (Å²) in [6, 6.07) is 5.32. The molecule has 0 aliphatic rings. The fourth-order valence-electron chi connectivity index (χ4n) is 1.42. The third kappa shape index (κ3) is 4.71. The Kier molecular flexibility index (Phi) is 5.58. The molecule has 0 amide bonds. The summed E-state index contributed by atoms with van der Waals surface area (Å²) in [6.45, 7) is 2.75. The van der Waals surface area contributed by atoms with E-state index in [1.54, 1.807) is 31.0 Å². The van der Waals surface area contributed by atoms with Gasteiger partial charge in [0.05, 0.1) is 6.61 Å². The van der Waals surface area contributed by atoms with Crippen LogP contribution in [-0.4, -0.2) is 42.2 Å². The van der Waals surface area contributed by atoms with Gasteiger partial charge in [-0.3, -0.25) is 9.69 Å². The van der Waals surface area contributed by atoms with Crippen LogP contribution < -0.4 is 4.74 Å². The molecule has 4 nitrogen and oxygen atoms in total. The molecular formula is C13H18FNO3. The van der Waals surface area contributed by atoms with Crippen molar-refractivity contribution in [1.29, 1.82) is 0 Å². The molecule has 5 heteroatoms. The minimum absolute atomic E-state index is 0.294. The molecule has 100 valence electrons. The Labute approximate surface area is 106 Å². The number of rotatable bonds is 7. The highest BCUT2D eigenvalue weighted by Crippen LogP contribution is 2.11. The molecule has 0 heterocycles. The molecule has 0 bridgehead atoms. The molecule has 0 aromatic heterocycles. The molecule has 1 unspecified atom stereocenters. The molecule has 0 aliphatic carbocycles. The second kappa shape index (κ2) is 6.96. The van der Waals surface area contributed by atoms with Gasteiger partial charge in [0.15, 0.2) is 0 Å². The maximum Gasteiger partial charge on any atom is 0.320 e. The van der Waals surface area contributed by atoms with Crippen LogP contribution in [0.5, 0.6) is 5.75 Å². The van der Waals surface area contributed by atoms with E-state index in [4.69, 9.17) is 9.84 Å². The molecule has 1 N–H and O–H groups in total. The number of carboxylic acids is 1. The first-order valence-electron chi connectivity index (χ1n) is 5.82. The summed E-state index contributed by atoms with van der Waals surface area (Å²) in [5.74, 6) is -0.514. The molecule has 0 radical (unpaired) electrons. The van der Waals surface area contributed by atoms with Crippen LogP contribution in [0.25, 0.3) is 0 Å². The van der Waals surface area contributed by atoms with Crippen LogP contribution in [0.2, 0.25) is 0 Å². The Balaban J connectivity index is 2.22. The largest absolute Gasteiger partial charge is 0.494 e. The van der Waals surface area contributed by atoms with Crippen molar-refractivity contribution in [1.82, 2.24) is 4.90 Å². The van der Waals surface area contributed by atoms with Gasteiger partial charge in [-0.15, -0.1) is 0 Å². The van der Waals surface area contributed by atoms with Gasteiger partial charge >= 0.3 is 5.97 Å². The first-order chi connectivity index (χ1) is 8.50. The fraction of sp³-hybridized carbons (Fsp3) is 0.462. The Hall–Kier alpha value is -1.62. The second-order valence-electron chi connectivity index (χ2n) is 4.15. The van der Waals surface area contributed by atoms with E-state index >= 15 is 0 Å². The number of likely N-dealkylation sites (N-methyl/N-ethyl adjacent to an activating group) is 1. The van der Waals surface area contributed by atoms with E-state index in [2.05, 4.69) is 0 Å². The van der Waals surface area contributed by atoms with E-state index in [9.17, 15) is 9.18 Å². The van der Waals surface area contributed by atoms with Crippen molar-refractivity contribution >= 4 is 5.97 Å². The predicted octanol–water partition coefficient (Wildman–Crippen LogP) is 2.00. The van der Waals surface area contributed by atoms with Crippen LogP contribution in [0.3, 0.4) is 0 Å². The second-order valence-corrected chi connectivity index (χ2v) is 4.15. The lowest BCUT2D eigenvalue weighted by Gasteiger charge is -2.20. The first-order valence-corrected chi connectivity index (χ1v) is 5.82. The van der Waals surface area contributed by atoms with Gasteiger partial charge in [0, 0.05) is 6.54 Å². The first kappa shape index (κ1) is 14.4. The Morgan fingerprint density at radius 3 is 2.61 bits per heavy atom. The van der Waals surface area contributed by atoms with Gasteiger partial charge < -0.3 is 9.84 Å². The van der Waals surface area contributed by atoms with Gasteiger partial charge in [-0.25, -0.2) is 4.39 Å². The maximum atomic E-state index is 12.6. The number of aliphatic carboxylic acids is 1. The van der Waals surface area contributed by atoms with E-state index in [1.807, 2.05) is 0 Å². The number of carbonyl (C=O) groups is 1. The number of nitrogens with zero attached hydrogens (tertiary/aromatic N) is 1. The quantitative estimate of drug-likeness (QED) is 0.757. The van der Waals surface area contributed by atoms with Crippen molar-refractivity contribution < 1.29 is 19.0 Å². The smallest absolute Gasteiger partial charge is 0.320 e. The van der Waals surface area contributed by atoms with E-state index in [0.29, 0.717) is 25.3 Å². The highest BCUT2D eigenvalue weighted by atomic mass is 19.1. The molecule has 18 heavy (non-hydrogen) atoms. The van der Waals surface area contributed by atoms with Crippen LogP contribution in [0.15, 0.2) is 24.3 Å². The van der Waals surface area contributed by atoms with Gasteiger partial charge in [-0.2, -0.15) is 0 Å². The van der Waals surface area contributed by atoms with E-state index in [-0.39, 0.29) is 5.82 Å². The summed E-state index contributed by atoms with van der Waals surface area (Å²) in [6.07, 6.45) is 0.714. The number of halogens is 1. The Bertz CT molecular complexity index is 380. The molecule has 1 aromatic carbocycles. The predicted molar refractivity (Wildman–Crippen MR) is 66.2 cm³/mol. The van der Waals surface area contributed by atoms with Gasteiger partial charge in [0.2, 0.25) is 0 Å². The number of benzene rings is 1. The molecule has 0 aliphatic heterocycles. The molecule has 0 spiro atoms. The van der Waals surface area contributed by atoms with Crippen LogP contribution in [-0.2, 0) is 4.79 Å². The summed E-state index contributed by atoms with van der Waals surface area (Å²) >= 11 is 0. The topological polar surface area (TPSA) is 49.8 Å². The summed E-state index contributed by atoms with van der Waals surface area (Å²) in [5, 5.41) is 8.80. The molecule has 1 rings (SSSR count). The van der Waals surface area contributed by atoms with Crippen molar-refractivity contribution in [2.75, 3.05) is 20.2 Å². The van der Waals surface area contributed by atoms with E-state index < -0.39 is 12.0 Å². The lowest BCUT2D eigenvalue weighted by Crippen LogP contribution is -2.36. The zero-order chi connectivity index (χ0) is 13.5. The van der Waals surface area contributed by atoms with Crippen molar-refractivity contribution in [3.05, 3.63) is 30.1 Å². The van der Waals surface area contributed by atoms with Gasteiger partial charge in [0.1, 0.15) is 17.6 Å².